The Balaban J connectivity index is 3.23. The number of rotatable bonds is 2. The Kier molecular flexibility index (Phi) is 2.81. The standard InChI is InChI=1S/C11H16O2/c1-7(2)9-5-6-10(13-4)11(12)8(9)3/h5-7,12H,1-4H3. The van der Waals surface area contributed by atoms with Crippen LogP contribution in [0.5, 0.6) is 11.5 Å². The second-order valence-electron chi connectivity index (χ2n) is 3.49. The first kappa shape index (κ1) is 9.90. The molecule has 1 aromatic rings. The fourth-order valence-corrected chi connectivity index (χ4v) is 1.48. The number of benzene rings is 1. The fraction of sp³-hybridized carbons (Fsp3) is 0.455. The molecule has 72 valence electrons. The first-order chi connectivity index (χ1) is 6.07. The third-order valence-electron chi connectivity index (χ3n) is 2.28. The summed E-state index contributed by atoms with van der Waals surface area (Å²) in [5.41, 5.74) is 2.08. The Morgan fingerprint density at radius 2 is 1.92 bits per heavy atom. The summed E-state index contributed by atoms with van der Waals surface area (Å²) in [6.45, 7) is 6.12. The van der Waals surface area contributed by atoms with Crippen LogP contribution in [0.1, 0.15) is 30.9 Å². The summed E-state index contributed by atoms with van der Waals surface area (Å²) >= 11 is 0. The van der Waals surface area contributed by atoms with Crippen molar-refractivity contribution in [3.63, 3.8) is 0 Å². The minimum atomic E-state index is 0.258. The van der Waals surface area contributed by atoms with Gasteiger partial charge in [-0.2, -0.15) is 0 Å². The molecule has 0 bridgehead atoms. The molecule has 2 heteroatoms. The van der Waals surface area contributed by atoms with E-state index in [9.17, 15) is 5.11 Å². The van der Waals surface area contributed by atoms with Crippen LogP contribution in [0.25, 0.3) is 0 Å². The van der Waals surface area contributed by atoms with Crippen LogP contribution in [0.2, 0.25) is 0 Å². The van der Waals surface area contributed by atoms with Crippen LogP contribution in [0.15, 0.2) is 12.1 Å². The van der Waals surface area contributed by atoms with E-state index in [0.717, 1.165) is 5.56 Å². The molecule has 2 nitrogen and oxygen atoms in total. The zero-order valence-electron chi connectivity index (χ0n) is 8.59. The third-order valence-corrected chi connectivity index (χ3v) is 2.28. The molecule has 1 N–H and O–H groups in total. The molecular formula is C11H16O2. The third kappa shape index (κ3) is 1.77. The van der Waals surface area contributed by atoms with Crippen molar-refractivity contribution in [2.75, 3.05) is 7.11 Å². The second-order valence-corrected chi connectivity index (χ2v) is 3.49. The molecule has 1 aromatic carbocycles. The first-order valence-corrected chi connectivity index (χ1v) is 4.44. The van der Waals surface area contributed by atoms with E-state index in [2.05, 4.69) is 13.8 Å². The van der Waals surface area contributed by atoms with Gasteiger partial charge in [0.1, 0.15) is 0 Å². The molecule has 0 aliphatic heterocycles. The molecule has 0 aliphatic rings. The summed E-state index contributed by atoms with van der Waals surface area (Å²) in [6.07, 6.45) is 0. The smallest absolute Gasteiger partial charge is 0.160 e. The Labute approximate surface area is 79.2 Å². The van der Waals surface area contributed by atoms with Gasteiger partial charge in [0.25, 0.3) is 0 Å². The van der Waals surface area contributed by atoms with Crippen molar-refractivity contribution in [1.82, 2.24) is 0 Å². The van der Waals surface area contributed by atoms with Crippen molar-refractivity contribution in [1.29, 1.82) is 0 Å². The Hall–Kier alpha value is -1.18. The van der Waals surface area contributed by atoms with Gasteiger partial charge in [-0.25, -0.2) is 0 Å². The summed E-state index contributed by atoms with van der Waals surface area (Å²) in [5.74, 6) is 1.23. The highest BCUT2D eigenvalue weighted by molar-refractivity contribution is 5.49. The Morgan fingerprint density at radius 1 is 1.31 bits per heavy atom. The maximum atomic E-state index is 9.70. The van der Waals surface area contributed by atoms with Crippen LogP contribution in [-0.4, -0.2) is 12.2 Å². The van der Waals surface area contributed by atoms with Crippen LogP contribution < -0.4 is 4.74 Å². The highest BCUT2D eigenvalue weighted by Crippen LogP contribution is 2.34. The lowest BCUT2D eigenvalue weighted by Gasteiger charge is -2.13. The topological polar surface area (TPSA) is 29.5 Å². The van der Waals surface area contributed by atoms with E-state index >= 15 is 0 Å². The lowest BCUT2D eigenvalue weighted by Crippen LogP contribution is -1.94. The molecule has 0 heterocycles. The first-order valence-electron chi connectivity index (χ1n) is 4.44. The zero-order chi connectivity index (χ0) is 10.0. The fourth-order valence-electron chi connectivity index (χ4n) is 1.48. The highest BCUT2D eigenvalue weighted by atomic mass is 16.5. The lowest BCUT2D eigenvalue weighted by atomic mass is 9.97. The van der Waals surface area contributed by atoms with E-state index in [1.807, 2.05) is 13.0 Å². The zero-order valence-corrected chi connectivity index (χ0v) is 8.59. The molecule has 0 unspecified atom stereocenters. The SMILES string of the molecule is COc1ccc(C(C)C)c(C)c1O. The number of aromatic hydroxyl groups is 1. The molecule has 0 saturated heterocycles. The van der Waals surface area contributed by atoms with Crippen LogP contribution in [0, 0.1) is 6.92 Å². The van der Waals surface area contributed by atoms with E-state index in [0.29, 0.717) is 11.7 Å². The predicted octanol–water partition coefficient (Wildman–Crippen LogP) is 2.83. The molecule has 1 rings (SSSR count). The molecule has 0 saturated carbocycles. The summed E-state index contributed by atoms with van der Waals surface area (Å²) in [6, 6.07) is 3.80. The van der Waals surface area contributed by atoms with Gasteiger partial charge in [0.2, 0.25) is 0 Å². The van der Waals surface area contributed by atoms with E-state index in [-0.39, 0.29) is 5.75 Å². The van der Waals surface area contributed by atoms with E-state index in [4.69, 9.17) is 4.74 Å². The van der Waals surface area contributed by atoms with Crippen LogP contribution >= 0.6 is 0 Å². The number of phenolic OH excluding ortho intramolecular Hbond substituents is 1. The maximum Gasteiger partial charge on any atom is 0.160 e. The van der Waals surface area contributed by atoms with Crippen molar-refractivity contribution < 1.29 is 9.84 Å². The number of phenols is 1. The van der Waals surface area contributed by atoms with Crippen LogP contribution in [-0.2, 0) is 0 Å². The van der Waals surface area contributed by atoms with Crippen molar-refractivity contribution in [3.8, 4) is 11.5 Å². The van der Waals surface area contributed by atoms with Gasteiger partial charge in [-0.1, -0.05) is 19.9 Å². The normalized spacial score (nSPS) is 10.5. The Bertz CT molecular complexity index is 303. The van der Waals surface area contributed by atoms with Crippen LogP contribution in [0.3, 0.4) is 0 Å². The van der Waals surface area contributed by atoms with Crippen molar-refractivity contribution in [3.05, 3.63) is 23.3 Å². The van der Waals surface area contributed by atoms with Gasteiger partial charge in [-0.05, 0) is 30.0 Å². The predicted molar refractivity (Wildman–Crippen MR) is 53.5 cm³/mol. The summed E-state index contributed by atoms with van der Waals surface area (Å²) in [5, 5.41) is 9.70. The molecule has 13 heavy (non-hydrogen) atoms. The molecule has 0 radical (unpaired) electrons. The minimum Gasteiger partial charge on any atom is -0.504 e. The maximum absolute atomic E-state index is 9.70. The van der Waals surface area contributed by atoms with Crippen molar-refractivity contribution in [2.24, 2.45) is 0 Å². The van der Waals surface area contributed by atoms with Gasteiger partial charge in [0, 0.05) is 0 Å². The molecule has 0 aliphatic carbocycles. The number of hydrogen-bond donors (Lipinski definition) is 1. The minimum absolute atomic E-state index is 0.258. The van der Waals surface area contributed by atoms with E-state index in [1.54, 1.807) is 13.2 Å². The molecule has 0 atom stereocenters. The summed E-state index contributed by atoms with van der Waals surface area (Å²) < 4.78 is 5.01. The van der Waals surface area contributed by atoms with Gasteiger partial charge in [-0.3, -0.25) is 0 Å². The monoisotopic (exact) mass is 180 g/mol. The lowest BCUT2D eigenvalue weighted by molar-refractivity contribution is 0.371. The quantitative estimate of drug-likeness (QED) is 0.758. The largest absolute Gasteiger partial charge is 0.504 e. The van der Waals surface area contributed by atoms with E-state index in [1.165, 1.54) is 5.56 Å². The average molecular weight is 180 g/mol. The Morgan fingerprint density at radius 3 is 2.38 bits per heavy atom. The molecule has 0 amide bonds. The van der Waals surface area contributed by atoms with E-state index < -0.39 is 0 Å². The average Bonchev–Trinajstić information content (AvgIpc) is 2.09. The van der Waals surface area contributed by atoms with Gasteiger partial charge < -0.3 is 9.84 Å². The summed E-state index contributed by atoms with van der Waals surface area (Å²) in [4.78, 5) is 0. The number of methoxy groups -OCH3 is 1. The van der Waals surface area contributed by atoms with Gasteiger partial charge >= 0.3 is 0 Å². The van der Waals surface area contributed by atoms with Gasteiger partial charge in [0.05, 0.1) is 7.11 Å². The van der Waals surface area contributed by atoms with Crippen LogP contribution in [0.4, 0.5) is 0 Å². The highest BCUT2D eigenvalue weighted by Gasteiger charge is 2.10. The number of ether oxygens (including phenoxy) is 1. The molecular weight excluding hydrogens is 164 g/mol. The van der Waals surface area contributed by atoms with Gasteiger partial charge in [-0.15, -0.1) is 0 Å². The number of hydrogen-bond acceptors (Lipinski definition) is 2. The second kappa shape index (κ2) is 3.69. The molecule has 0 spiro atoms. The van der Waals surface area contributed by atoms with Crippen molar-refractivity contribution >= 4 is 0 Å². The summed E-state index contributed by atoms with van der Waals surface area (Å²) in [7, 11) is 1.56. The van der Waals surface area contributed by atoms with Gasteiger partial charge in [0.15, 0.2) is 11.5 Å². The molecule has 0 aromatic heterocycles. The molecule has 0 fully saturated rings. The van der Waals surface area contributed by atoms with Crippen molar-refractivity contribution in [2.45, 2.75) is 26.7 Å².